The van der Waals surface area contributed by atoms with Crippen molar-refractivity contribution in [2.45, 2.75) is 12.3 Å². The SMILES string of the molecule is Fc1ccc2[nH]c(C3CC=Cc4ccccc43)cc2c1. The van der Waals surface area contributed by atoms with Gasteiger partial charge < -0.3 is 4.98 Å². The van der Waals surface area contributed by atoms with E-state index >= 15 is 0 Å². The number of halogens is 1. The maximum atomic E-state index is 13.3. The van der Waals surface area contributed by atoms with E-state index in [1.54, 1.807) is 12.1 Å². The van der Waals surface area contributed by atoms with E-state index in [2.05, 4.69) is 47.5 Å². The molecule has 1 unspecified atom stereocenters. The molecule has 1 atom stereocenters. The van der Waals surface area contributed by atoms with Crippen LogP contribution in [0.2, 0.25) is 0 Å². The van der Waals surface area contributed by atoms with Crippen molar-refractivity contribution >= 4 is 17.0 Å². The zero-order chi connectivity index (χ0) is 13.5. The Balaban J connectivity index is 1.85. The number of allylic oxidation sites excluding steroid dienone is 1. The molecule has 1 aromatic heterocycles. The molecule has 2 aromatic carbocycles. The summed E-state index contributed by atoms with van der Waals surface area (Å²) in [5, 5.41) is 0.937. The Morgan fingerprint density at radius 2 is 1.95 bits per heavy atom. The van der Waals surface area contributed by atoms with Crippen LogP contribution in [0.5, 0.6) is 0 Å². The Labute approximate surface area is 116 Å². The van der Waals surface area contributed by atoms with Crippen LogP contribution in [0.15, 0.2) is 54.6 Å². The van der Waals surface area contributed by atoms with Crippen LogP contribution in [0.1, 0.15) is 29.2 Å². The summed E-state index contributed by atoms with van der Waals surface area (Å²) in [6, 6.07) is 15.4. The summed E-state index contributed by atoms with van der Waals surface area (Å²) < 4.78 is 13.3. The first-order chi connectivity index (χ1) is 9.81. The number of aromatic nitrogens is 1. The van der Waals surface area contributed by atoms with Gasteiger partial charge in [-0.3, -0.25) is 0 Å². The van der Waals surface area contributed by atoms with Crippen LogP contribution in [0.4, 0.5) is 4.39 Å². The molecule has 2 heteroatoms. The van der Waals surface area contributed by atoms with Crippen LogP contribution in [-0.2, 0) is 0 Å². The molecule has 0 fully saturated rings. The molecule has 0 bridgehead atoms. The Bertz CT molecular complexity index is 813. The van der Waals surface area contributed by atoms with Crippen LogP contribution in [0, 0.1) is 5.82 Å². The van der Waals surface area contributed by atoms with E-state index in [4.69, 9.17) is 0 Å². The molecule has 4 rings (SSSR count). The number of nitrogens with one attached hydrogen (secondary N) is 1. The highest BCUT2D eigenvalue weighted by Gasteiger charge is 2.20. The number of benzene rings is 2. The molecule has 0 spiro atoms. The first-order valence-electron chi connectivity index (χ1n) is 6.85. The average molecular weight is 263 g/mol. The zero-order valence-corrected chi connectivity index (χ0v) is 10.9. The lowest BCUT2D eigenvalue weighted by Gasteiger charge is -2.20. The van der Waals surface area contributed by atoms with Crippen LogP contribution in [0.25, 0.3) is 17.0 Å². The summed E-state index contributed by atoms with van der Waals surface area (Å²) in [5.74, 6) is 0.138. The van der Waals surface area contributed by atoms with Crippen LogP contribution >= 0.6 is 0 Å². The number of hydrogen-bond donors (Lipinski definition) is 1. The lowest BCUT2D eigenvalue weighted by Crippen LogP contribution is -2.05. The first-order valence-corrected chi connectivity index (χ1v) is 6.85. The summed E-state index contributed by atoms with van der Waals surface area (Å²) in [7, 11) is 0. The van der Waals surface area contributed by atoms with Gasteiger partial charge in [-0.25, -0.2) is 4.39 Å². The maximum Gasteiger partial charge on any atom is 0.123 e. The van der Waals surface area contributed by atoms with Gasteiger partial charge in [0.25, 0.3) is 0 Å². The second-order valence-corrected chi connectivity index (χ2v) is 5.28. The molecule has 0 aliphatic heterocycles. The minimum atomic E-state index is -0.188. The molecule has 1 nitrogen and oxygen atoms in total. The Morgan fingerprint density at radius 3 is 2.90 bits per heavy atom. The van der Waals surface area contributed by atoms with E-state index in [1.165, 1.54) is 17.2 Å². The smallest absolute Gasteiger partial charge is 0.123 e. The molecular weight excluding hydrogens is 249 g/mol. The van der Waals surface area contributed by atoms with Crippen molar-refractivity contribution < 1.29 is 4.39 Å². The predicted octanol–water partition coefficient (Wildman–Crippen LogP) is 4.86. The highest BCUT2D eigenvalue weighted by atomic mass is 19.1. The second kappa shape index (κ2) is 4.34. The fourth-order valence-electron chi connectivity index (χ4n) is 3.05. The summed E-state index contributed by atoms with van der Waals surface area (Å²) in [4.78, 5) is 3.43. The topological polar surface area (TPSA) is 15.8 Å². The highest BCUT2D eigenvalue weighted by molar-refractivity contribution is 5.81. The number of fused-ring (bicyclic) bond motifs is 2. The molecule has 1 aliphatic rings. The third-order valence-electron chi connectivity index (χ3n) is 4.02. The van der Waals surface area contributed by atoms with Crippen molar-refractivity contribution in [2.75, 3.05) is 0 Å². The Morgan fingerprint density at radius 1 is 1.05 bits per heavy atom. The summed E-state index contributed by atoms with van der Waals surface area (Å²) in [6.07, 6.45) is 5.36. The van der Waals surface area contributed by atoms with Gasteiger partial charge in [-0.1, -0.05) is 36.4 Å². The van der Waals surface area contributed by atoms with Gasteiger partial charge in [-0.2, -0.15) is 0 Å². The van der Waals surface area contributed by atoms with Crippen LogP contribution in [-0.4, -0.2) is 4.98 Å². The first kappa shape index (κ1) is 11.5. The van der Waals surface area contributed by atoms with Crippen molar-refractivity contribution in [3.8, 4) is 0 Å². The molecule has 20 heavy (non-hydrogen) atoms. The van der Waals surface area contributed by atoms with Crippen LogP contribution < -0.4 is 0 Å². The van der Waals surface area contributed by atoms with E-state index in [-0.39, 0.29) is 5.82 Å². The summed E-state index contributed by atoms with van der Waals surface area (Å²) in [5.41, 5.74) is 4.76. The average Bonchev–Trinajstić information content (AvgIpc) is 2.89. The minimum absolute atomic E-state index is 0.188. The molecule has 1 aliphatic carbocycles. The summed E-state index contributed by atoms with van der Waals surface area (Å²) in [6.45, 7) is 0. The second-order valence-electron chi connectivity index (χ2n) is 5.28. The molecule has 1 N–H and O–H groups in total. The van der Waals surface area contributed by atoms with Crippen molar-refractivity contribution in [1.29, 1.82) is 0 Å². The third kappa shape index (κ3) is 1.76. The van der Waals surface area contributed by atoms with Crippen molar-refractivity contribution in [1.82, 2.24) is 4.98 Å². The lowest BCUT2D eigenvalue weighted by molar-refractivity contribution is 0.630. The minimum Gasteiger partial charge on any atom is -0.358 e. The quantitative estimate of drug-likeness (QED) is 0.645. The molecule has 3 aromatic rings. The molecular formula is C18H14FN. The number of hydrogen-bond acceptors (Lipinski definition) is 0. The van der Waals surface area contributed by atoms with E-state index in [0.29, 0.717) is 5.92 Å². The molecule has 98 valence electrons. The largest absolute Gasteiger partial charge is 0.358 e. The van der Waals surface area contributed by atoms with E-state index in [9.17, 15) is 4.39 Å². The number of rotatable bonds is 1. The van der Waals surface area contributed by atoms with Crippen molar-refractivity contribution in [3.63, 3.8) is 0 Å². The van der Waals surface area contributed by atoms with Gasteiger partial charge in [-0.15, -0.1) is 0 Å². The highest BCUT2D eigenvalue weighted by Crippen LogP contribution is 2.35. The zero-order valence-electron chi connectivity index (χ0n) is 10.9. The lowest BCUT2D eigenvalue weighted by atomic mass is 9.85. The molecule has 0 amide bonds. The standard InChI is InChI=1S/C18H14FN/c19-14-8-9-17-13(10-14)11-18(20-17)16-7-3-5-12-4-1-2-6-15(12)16/h1-6,8-11,16,20H,7H2. The van der Waals surface area contributed by atoms with Crippen molar-refractivity contribution in [3.05, 3.63) is 77.2 Å². The number of aromatic amines is 1. The Hall–Kier alpha value is -2.35. The fourth-order valence-corrected chi connectivity index (χ4v) is 3.05. The van der Waals surface area contributed by atoms with Gasteiger partial charge in [0.2, 0.25) is 0 Å². The predicted molar refractivity (Wildman–Crippen MR) is 80.2 cm³/mol. The third-order valence-corrected chi connectivity index (χ3v) is 4.02. The molecule has 0 saturated carbocycles. The van der Waals surface area contributed by atoms with Crippen LogP contribution in [0.3, 0.4) is 0 Å². The molecule has 1 heterocycles. The monoisotopic (exact) mass is 263 g/mol. The fraction of sp³-hybridized carbons (Fsp3) is 0.111. The Kier molecular flexibility index (Phi) is 2.49. The van der Waals surface area contributed by atoms with Gasteiger partial charge in [-0.05, 0) is 41.8 Å². The van der Waals surface area contributed by atoms with Crippen molar-refractivity contribution in [2.24, 2.45) is 0 Å². The van der Waals surface area contributed by atoms with Gasteiger partial charge in [0.05, 0.1) is 0 Å². The van der Waals surface area contributed by atoms with E-state index in [0.717, 1.165) is 23.0 Å². The van der Waals surface area contributed by atoms with Gasteiger partial charge in [0.1, 0.15) is 5.82 Å². The van der Waals surface area contributed by atoms with Gasteiger partial charge >= 0.3 is 0 Å². The summed E-state index contributed by atoms with van der Waals surface area (Å²) >= 11 is 0. The van der Waals surface area contributed by atoms with Gasteiger partial charge in [0.15, 0.2) is 0 Å². The number of H-pyrrole nitrogens is 1. The molecule has 0 saturated heterocycles. The van der Waals surface area contributed by atoms with E-state index in [1.807, 2.05) is 0 Å². The molecule has 0 radical (unpaired) electrons. The maximum absolute atomic E-state index is 13.3. The normalized spacial score (nSPS) is 17.4. The van der Waals surface area contributed by atoms with E-state index < -0.39 is 0 Å². The van der Waals surface area contributed by atoms with Gasteiger partial charge in [0, 0.05) is 22.5 Å².